The zero-order chi connectivity index (χ0) is 16.8. The number of imidazole rings is 1. The normalized spacial score (nSPS) is 11.4. The zero-order valence-corrected chi connectivity index (χ0v) is 13.5. The highest BCUT2D eigenvalue weighted by Gasteiger charge is 2.09. The Bertz CT molecular complexity index is 1190. The number of fused-ring (bicyclic) bond motifs is 2. The first-order valence-corrected chi connectivity index (χ1v) is 7.93. The number of aromatic nitrogens is 6. The van der Waals surface area contributed by atoms with Crippen LogP contribution in [0, 0.1) is 0 Å². The number of hydrogen-bond acceptors (Lipinski definition) is 4. The first-order valence-electron chi connectivity index (χ1n) is 7.93. The summed E-state index contributed by atoms with van der Waals surface area (Å²) in [6.45, 7) is 0. The largest absolute Gasteiger partial charge is 0.336 e. The lowest BCUT2D eigenvalue weighted by atomic mass is 10.1. The van der Waals surface area contributed by atoms with Gasteiger partial charge in [0.15, 0.2) is 11.5 Å². The van der Waals surface area contributed by atoms with Crippen molar-refractivity contribution < 1.29 is 0 Å². The molecule has 122 valence electrons. The van der Waals surface area contributed by atoms with Crippen molar-refractivity contribution in [3.05, 3.63) is 61.3 Å². The molecule has 7 heteroatoms. The molecule has 4 aromatic heterocycles. The van der Waals surface area contributed by atoms with Gasteiger partial charge in [0.05, 0.1) is 17.4 Å². The number of pyridine rings is 1. The van der Waals surface area contributed by atoms with Gasteiger partial charge in [-0.1, -0.05) is 12.1 Å². The van der Waals surface area contributed by atoms with Gasteiger partial charge in [0.25, 0.3) is 0 Å². The van der Waals surface area contributed by atoms with Crippen LogP contribution >= 0.6 is 0 Å². The van der Waals surface area contributed by atoms with Crippen LogP contribution in [0.5, 0.6) is 0 Å². The molecule has 5 rings (SSSR count). The maximum Gasteiger partial charge on any atom is 0.160 e. The Hall–Kier alpha value is -3.61. The molecular weight excluding hydrogens is 314 g/mol. The van der Waals surface area contributed by atoms with E-state index in [4.69, 9.17) is 0 Å². The van der Waals surface area contributed by atoms with Crippen LogP contribution in [0.2, 0.25) is 0 Å². The number of H-pyrrole nitrogens is 1. The van der Waals surface area contributed by atoms with Gasteiger partial charge in [0.2, 0.25) is 0 Å². The molecular formula is C18H15N7. The Balaban J connectivity index is 1.65. The lowest BCUT2D eigenvalue weighted by molar-refractivity contribution is 0.771. The minimum Gasteiger partial charge on any atom is -0.336 e. The summed E-state index contributed by atoms with van der Waals surface area (Å²) >= 11 is 0. The van der Waals surface area contributed by atoms with Crippen molar-refractivity contribution in [1.82, 2.24) is 29.4 Å². The fourth-order valence-corrected chi connectivity index (χ4v) is 3.02. The third-order valence-electron chi connectivity index (χ3n) is 4.24. The zero-order valence-electron chi connectivity index (χ0n) is 13.5. The second kappa shape index (κ2) is 5.20. The van der Waals surface area contributed by atoms with Crippen molar-refractivity contribution in [1.29, 1.82) is 0 Å². The molecule has 0 aliphatic heterocycles. The van der Waals surface area contributed by atoms with Gasteiger partial charge in [0.1, 0.15) is 0 Å². The second-order valence-electron chi connectivity index (χ2n) is 5.97. The smallest absolute Gasteiger partial charge is 0.160 e. The highest BCUT2D eigenvalue weighted by Crippen LogP contribution is 2.29. The van der Waals surface area contributed by atoms with E-state index in [1.165, 1.54) is 0 Å². The fraction of sp³-hybridized carbons (Fsp3) is 0.0556. The molecule has 2 N–H and O–H groups in total. The number of benzene rings is 1. The molecule has 4 heterocycles. The monoisotopic (exact) mass is 329 g/mol. The Labute approximate surface area is 142 Å². The first-order chi connectivity index (χ1) is 12.3. The summed E-state index contributed by atoms with van der Waals surface area (Å²) in [6.07, 6.45) is 9.54. The van der Waals surface area contributed by atoms with Crippen LogP contribution in [0.15, 0.2) is 61.3 Å². The summed E-state index contributed by atoms with van der Waals surface area (Å²) in [5, 5.41) is 16.0. The molecule has 0 spiro atoms. The topological polar surface area (TPSA) is 75.8 Å². The first kappa shape index (κ1) is 13.8. The van der Waals surface area contributed by atoms with Crippen molar-refractivity contribution in [2.45, 2.75) is 0 Å². The number of nitrogens with zero attached hydrogens (tertiary/aromatic N) is 5. The Morgan fingerprint density at radius 2 is 2.04 bits per heavy atom. The SMILES string of the molecule is Cn1ccc(Nc2cc(-c3ccc4cn[nH]c4c3)cn3ccnc23)n1. The number of rotatable bonds is 3. The highest BCUT2D eigenvalue weighted by atomic mass is 15.3. The van der Waals surface area contributed by atoms with Crippen molar-refractivity contribution in [2.24, 2.45) is 7.05 Å². The maximum atomic E-state index is 4.45. The van der Waals surface area contributed by atoms with E-state index in [2.05, 4.69) is 56.1 Å². The number of hydrogen-bond donors (Lipinski definition) is 2. The molecule has 0 radical (unpaired) electrons. The van der Waals surface area contributed by atoms with E-state index < -0.39 is 0 Å². The summed E-state index contributed by atoms with van der Waals surface area (Å²) in [6, 6.07) is 10.3. The predicted molar refractivity (Wildman–Crippen MR) is 96.8 cm³/mol. The lowest BCUT2D eigenvalue weighted by Crippen LogP contribution is -1.98. The molecule has 7 nitrogen and oxygen atoms in total. The summed E-state index contributed by atoms with van der Waals surface area (Å²) in [4.78, 5) is 4.45. The van der Waals surface area contributed by atoms with Crippen LogP contribution in [0.4, 0.5) is 11.5 Å². The molecule has 0 saturated heterocycles. The van der Waals surface area contributed by atoms with E-state index in [0.29, 0.717) is 0 Å². The standard InChI is InChI=1S/C18H15N7/c1-24-6-4-17(23-24)21-16-9-14(11-25-7-5-19-18(16)25)12-2-3-13-10-20-22-15(13)8-12/h2-11H,1H3,(H,20,22)(H,21,23). The summed E-state index contributed by atoms with van der Waals surface area (Å²) in [7, 11) is 1.90. The molecule has 25 heavy (non-hydrogen) atoms. The van der Waals surface area contributed by atoms with E-state index in [9.17, 15) is 0 Å². The van der Waals surface area contributed by atoms with Gasteiger partial charge in [-0.2, -0.15) is 10.2 Å². The van der Waals surface area contributed by atoms with Crippen LogP contribution in [0.25, 0.3) is 27.7 Å². The van der Waals surface area contributed by atoms with Crippen LogP contribution in [0.1, 0.15) is 0 Å². The van der Waals surface area contributed by atoms with Crippen LogP contribution in [-0.4, -0.2) is 29.4 Å². The van der Waals surface area contributed by atoms with E-state index in [1.54, 1.807) is 10.9 Å². The fourth-order valence-electron chi connectivity index (χ4n) is 3.02. The van der Waals surface area contributed by atoms with E-state index in [0.717, 1.165) is 39.2 Å². The number of aryl methyl sites for hydroxylation is 1. The molecule has 0 bridgehead atoms. The van der Waals surface area contributed by atoms with Gasteiger partial charge in [-0.3, -0.25) is 9.78 Å². The third-order valence-corrected chi connectivity index (χ3v) is 4.24. The number of aromatic amines is 1. The lowest BCUT2D eigenvalue weighted by Gasteiger charge is -2.09. The Morgan fingerprint density at radius 1 is 1.08 bits per heavy atom. The molecule has 0 saturated carbocycles. The average Bonchev–Trinajstić information content (AvgIpc) is 3.34. The van der Waals surface area contributed by atoms with Gasteiger partial charge >= 0.3 is 0 Å². The van der Waals surface area contributed by atoms with Gasteiger partial charge in [-0.15, -0.1) is 0 Å². The quantitative estimate of drug-likeness (QED) is 0.532. The number of nitrogens with one attached hydrogen (secondary N) is 2. The van der Waals surface area contributed by atoms with Gasteiger partial charge in [-0.25, -0.2) is 4.98 Å². The molecule has 0 aliphatic carbocycles. The number of anilines is 2. The van der Waals surface area contributed by atoms with Crippen molar-refractivity contribution >= 4 is 28.1 Å². The van der Waals surface area contributed by atoms with Crippen molar-refractivity contribution in [3.63, 3.8) is 0 Å². The predicted octanol–water partition coefficient (Wildman–Crippen LogP) is 3.35. The summed E-state index contributed by atoms with van der Waals surface area (Å²) in [5.74, 6) is 0.786. The molecule has 1 aromatic carbocycles. The highest BCUT2D eigenvalue weighted by molar-refractivity contribution is 5.86. The van der Waals surface area contributed by atoms with E-state index in [-0.39, 0.29) is 0 Å². The molecule has 0 aliphatic rings. The molecule has 0 amide bonds. The van der Waals surface area contributed by atoms with Crippen LogP contribution in [0.3, 0.4) is 0 Å². The maximum absolute atomic E-state index is 4.45. The molecule has 0 fully saturated rings. The summed E-state index contributed by atoms with van der Waals surface area (Å²) < 4.78 is 3.78. The minimum absolute atomic E-state index is 0.786. The van der Waals surface area contributed by atoms with Crippen molar-refractivity contribution in [3.8, 4) is 11.1 Å². The van der Waals surface area contributed by atoms with Gasteiger partial charge in [-0.05, 0) is 17.7 Å². The summed E-state index contributed by atoms with van der Waals surface area (Å²) in [5.41, 5.74) is 4.97. The van der Waals surface area contributed by atoms with E-state index >= 15 is 0 Å². The molecule has 0 unspecified atom stereocenters. The van der Waals surface area contributed by atoms with Gasteiger partial charge < -0.3 is 9.72 Å². The minimum atomic E-state index is 0.786. The third kappa shape index (κ3) is 2.33. The Morgan fingerprint density at radius 3 is 2.92 bits per heavy atom. The van der Waals surface area contributed by atoms with Crippen LogP contribution < -0.4 is 5.32 Å². The van der Waals surface area contributed by atoms with Crippen molar-refractivity contribution in [2.75, 3.05) is 5.32 Å². The van der Waals surface area contributed by atoms with E-state index in [1.807, 2.05) is 36.1 Å². The Kier molecular flexibility index (Phi) is 2.87. The molecule has 5 aromatic rings. The van der Waals surface area contributed by atoms with Crippen LogP contribution in [-0.2, 0) is 7.05 Å². The average molecular weight is 329 g/mol. The molecule has 0 atom stereocenters. The van der Waals surface area contributed by atoms with Gasteiger partial charge in [0, 0.05) is 48.9 Å². The second-order valence-corrected chi connectivity index (χ2v) is 5.97.